The number of aryl methyl sites for hydroxylation is 1. The Morgan fingerprint density at radius 2 is 2.09 bits per heavy atom. The number of pyridine rings is 2. The third-order valence-corrected chi connectivity index (χ3v) is 6.61. The molecule has 0 saturated carbocycles. The summed E-state index contributed by atoms with van der Waals surface area (Å²) < 4.78 is 16.6. The lowest BCUT2D eigenvalue weighted by Gasteiger charge is -2.33. The van der Waals surface area contributed by atoms with Gasteiger partial charge in [-0.15, -0.1) is 0 Å². The second kappa shape index (κ2) is 8.56. The second-order valence-corrected chi connectivity index (χ2v) is 8.47. The maximum absolute atomic E-state index is 15.1. The van der Waals surface area contributed by atoms with E-state index in [1.807, 2.05) is 13.0 Å². The Balaban J connectivity index is 1.85. The number of hydrogen-bond donors (Lipinski definition) is 1. The average Bonchev–Trinajstić information content (AvgIpc) is 3.21. The highest BCUT2D eigenvalue weighted by molar-refractivity contribution is 6.42. The number of hydrogen-bond acceptors (Lipinski definition) is 4. The van der Waals surface area contributed by atoms with Gasteiger partial charge < -0.3 is 14.8 Å². The number of nitrogens with one attached hydrogen (secondary N) is 1. The highest BCUT2D eigenvalue weighted by Gasteiger charge is 2.44. The number of benzene rings is 1. The molecule has 3 aromatic rings. The fraction of sp³-hybridized carbons (Fsp3) is 0.261. The minimum absolute atomic E-state index is 0.0706. The molecule has 0 spiro atoms. The monoisotopic (exact) mass is 474 g/mol. The average molecular weight is 475 g/mol. The second-order valence-electron chi connectivity index (χ2n) is 7.68. The van der Waals surface area contributed by atoms with Gasteiger partial charge in [0.15, 0.2) is 0 Å². The highest BCUT2D eigenvalue weighted by Crippen LogP contribution is 2.42. The van der Waals surface area contributed by atoms with E-state index >= 15 is 4.39 Å². The molecule has 3 heterocycles. The SMILES string of the molecule is C=CC(=O)N1CC[C@](Nc2ccc3ccn(CC)c(=O)c3n2)(c2c(F)ccc(Cl)c2Cl)C1. The summed E-state index contributed by atoms with van der Waals surface area (Å²) in [4.78, 5) is 31.1. The predicted octanol–water partition coefficient (Wildman–Crippen LogP) is 4.59. The molecule has 1 fully saturated rings. The lowest BCUT2D eigenvalue weighted by Crippen LogP contribution is -2.41. The van der Waals surface area contributed by atoms with Crippen molar-refractivity contribution in [2.45, 2.75) is 25.4 Å². The zero-order valence-electron chi connectivity index (χ0n) is 17.4. The molecule has 0 unspecified atom stereocenters. The van der Waals surface area contributed by atoms with Crippen molar-refractivity contribution in [1.29, 1.82) is 0 Å². The van der Waals surface area contributed by atoms with Crippen LogP contribution in [-0.4, -0.2) is 33.4 Å². The van der Waals surface area contributed by atoms with E-state index in [0.29, 0.717) is 36.2 Å². The largest absolute Gasteiger partial charge is 0.358 e. The quantitative estimate of drug-likeness (QED) is 0.433. The van der Waals surface area contributed by atoms with E-state index in [9.17, 15) is 9.59 Å². The normalized spacial score (nSPS) is 18.2. The Kier molecular flexibility index (Phi) is 5.97. The Hall–Kier alpha value is -2.90. The highest BCUT2D eigenvalue weighted by atomic mass is 35.5. The summed E-state index contributed by atoms with van der Waals surface area (Å²) in [5, 5.41) is 4.24. The van der Waals surface area contributed by atoms with Crippen LogP contribution in [0.25, 0.3) is 10.9 Å². The van der Waals surface area contributed by atoms with E-state index in [1.54, 1.807) is 27.8 Å². The molecule has 1 aromatic carbocycles. The van der Waals surface area contributed by atoms with Gasteiger partial charge in [-0.05, 0) is 49.8 Å². The maximum Gasteiger partial charge on any atom is 0.277 e. The molecule has 0 bridgehead atoms. The molecule has 1 aliphatic rings. The van der Waals surface area contributed by atoms with Crippen molar-refractivity contribution in [2.24, 2.45) is 0 Å². The van der Waals surface area contributed by atoms with E-state index < -0.39 is 11.4 Å². The number of amides is 1. The van der Waals surface area contributed by atoms with Crippen LogP contribution in [0.5, 0.6) is 0 Å². The van der Waals surface area contributed by atoms with Gasteiger partial charge in [0, 0.05) is 36.8 Å². The molecule has 1 N–H and O–H groups in total. The van der Waals surface area contributed by atoms with Crippen molar-refractivity contribution in [1.82, 2.24) is 14.5 Å². The lowest BCUT2D eigenvalue weighted by molar-refractivity contribution is -0.125. The molecular weight excluding hydrogens is 454 g/mol. The molecule has 0 radical (unpaired) electrons. The van der Waals surface area contributed by atoms with E-state index in [2.05, 4.69) is 16.9 Å². The molecule has 32 heavy (non-hydrogen) atoms. The number of anilines is 1. The summed E-state index contributed by atoms with van der Waals surface area (Å²) in [5.41, 5.74) is -0.857. The van der Waals surface area contributed by atoms with Gasteiger partial charge >= 0.3 is 0 Å². The predicted molar refractivity (Wildman–Crippen MR) is 125 cm³/mol. The van der Waals surface area contributed by atoms with Gasteiger partial charge in [0.25, 0.3) is 5.56 Å². The molecule has 2 aromatic heterocycles. The van der Waals surface area contributed by atoms with Crippen LogP contribution in [0.1, 0.15) is 18.9 Å². The minimum Gasteiger partial charge on any atom is -0.358 e. The molecule has 1 aliphatic heterocycles. The van der Waals surface area contributed by atoms with Gasteiger partial charge in [-0.2, -0.15) is 0 Å². The molecule has 1 saturated heterocycles. The summed E-state index contributed by atoms with van der Waals surface area (Å²) >= 11 is 12.7. The molecular formula is C23H21Cl2FN4O2. The van der Waals surface area contributed by atoms with Crippen LogP contribution < -0.4 is 10.9 Å². The Morgan fingerprint density at radius 1 is 1.31 bits per heavy atom. The van der Waals surface area contributed by atoms with Crippen molar-refractivity contribution >= 4 is 45.8 Å². The summed E-state index contributed by atoms with van der Waals surface area (Å²) in [5.74, 6) is -0.453. The first-order chi connectivity index (χ1) is 15.3. The summed E-state index contributed by atoms with van der Waals surface area (Å²) in [6, 6.07) is 7.95. The number of fused-ring (bicyclic) bond motifs is 1. The molecule has 9 heteroatoms. The van der Waals surface area contributed by atoms with Gasteiger partial charge in [-0.25, -0.2) is 9.37 Å². The molecule has 1 amide bonds. The van der Waals surface area contributed by atoms with Crippen LogP contribution in [0, 0.1) is 5.82 Å². The van der Waals surface area contributed by atoms with Crippen molar-refractivity contribution in [2.75, 3.05) is 18.4 Å². The van der Waals surface area contributed by atoms with Crippen molar-refractivity contribution in [3.8, 4) is 0 Å². The van der Waals surface area contributed by atoms with Crippen LogP contribution in [0.4, 0.5) is 10.2 Å². The molecule has 6 nitrogen and oxygen atoms in total. The summed E-state index contributed by atoms with van der Waals surface area (Å²) in [6.45, 7) is 6.41. The fourth-order valence-corrected chi connectivity index (χ4v) is 4.67. The van der Waals surface area contributed by atoms with Crippen LogP contribution in [0.15, 0.2) is 54.0 Å². The van der Waals surface area contributed by atoms with Crippen molar-refractivity contribution in [3.05, 3.63) is 81.0 Å². The number of aromatic nitrogens is 2. The Labute approximate surface area is 194 Å². The van der Waals surface area contributed by atoms with Crippen LogP contribution >= 0.6 is 23.2 Å². The van der Waals surface area contributed by atoms with Gasteiger partial charge in [-0.1, -0.05) is 29.8 Å². The van der Waals surface area contributed by atoms with Gasteiger partial charge in [-0.3, -0.25) is 9.59 Å². The van der Waals surface area contributed by atoms with Gasteiger partial charge in [0.05, 0.1) is 15.6 Å². The van der Waals surface area contributed by atoms with E-state index in [-0.39, 0.29) is 33.6 Å². The first-order valence-corrected chi connectivity index (χ1v) is 10.9. The maximum atomic E-state index is 15.1. The number of carbonyl (C=O) groups excluding carboxylic acids is 1. The van der Waals surface area contributed by atoms with Crippen LogP contribution in [-0.2, 0) is 16.9 Å². The van der Waals surface area contributed by atoms with E-state index in [0.717, 1.165) is 0 Å². The fourth-order valence-electron chi connectivity index (χ4n) is 4.17. The Morgan fingerprint density at radius 3 is 2.81 bits per heavy atom. The lowest BCUT2D eigenvalue weighted by atomic mass is 9.88. The molecule has 166 valence electrons. The molecule has 4 rings (SSSR count). The smallest absolute Gasteiger partial charge is 0.277 e. The zero-order valence-corrected chi connectivity index (χ0v) is 18.9. The number of rotatable bonds is 5. The topological polar surface area (TPSA) is 67.2 Å². The number of halogens is 3. The Bertz CT molecular complexity index is 1290. The van der Waals surface area contributed by atoms with Crippen molar-refractivity contribution in [3.63, 3.8) is 0 Å². The van der Waals surface area contributed by atoms with Gasteiger partial charge in [0.2, 0.25) is 5.91 Å². The van der Waals surface area contributed by atoms with Crippen LogP contribution in [0.3, 0.4) is 0 Å². The van der Waals surface area contributed by atoms with Gasteiger partial charge in [0.1, 0.15) is 17.2 Å². The number of carbonyl (C=O) groups is 1. The van der Waals surface area contributed by atoms with E-state index in [4.69, 9.17) is 23.2 Å². The molecule has 0 aliphatic carbocycles. The van der Waals surface area contributed by atoms with E-state index in [1.165, 1.54) is 18.2 Å². The number of nitrogens with zero attached hydrogens (tertiary/aromatic N) is 3. The molecule has 1 atom stereocenters. The zero-order chi connectivity index (χ0) is 23.0. The number of likely N-dealkylation sites (tertiary alicyclic amines) is 1. The summed E-state index contributed by atoms with van der Waals surface area (Å²) in [7, 11) is 0. The first-order valence-electron chi connectivity index (χ1n) is 10.1. The first kappa shape index (κ1) is 22.3. The van der Waals surface area contributed by atoms with Crippen molar-refractivity contribution < 1.29 is 9.18 Å². The minimum atomic E-state index is -1.09. The standard InChI is InChI=1S/C23H21Cl2FN4O2/c1-3-18(31)30-12-10-23(13-30,19-16(26)7-6-15(24)20(19)25)28-17-8-5-14-9-11-29(4-2)22(32)21(14)27-17/h3,5-9,11H,1,4,10,12-13H2,2H3,(H,27,28)/t23-/m1/s1. The van der Waals surface area contributed by atoms with Crippen LogP contribution in [0.2, 0.25) is 10.0 Å². The third kappa shape index (κ3) is 3.76. The summed E-state index contributed by atoms with van der Waals surface area (Å²) in [6.07, 6.45) is 3.29. The third-order valence-electron chi connectivity index (χ3n) is 5.81.